The summed E-state index contributed by atoms with van der Waals surface area (Å²) in [7, 11) is 2.08. The van der Waals surface area contributed by atoms with E-state index in [0.717, 1.165) is 43.0 Å². The van der Waals surface area contributed by atoms with Gasteiger partial charge in [-0.25, -0.2) is 0 Å². The normalized spacial score (nSPS) is 15.2. The molecule has 0 radical (unpaired) electrons. The molecule has 1 fully saturated rings. The maximum Gasteiger partial charge on any atom is 0.406 e. The zero-order valence-corrected chi connectivity index (χ0v) is 20.9. The second-order valence-corrected chi connectivity index (χ2v) is 10.2. The Bertz CT molecular complexity index is 1380. The van der Waals surface area contributed by atoms with Crippen LogP contribution in [0.3, 0.4) is 0 Å². The molecule has 0 aliphatic carbocycles. The van der Waals surface area contributed by atoms with Crippen LogP contribution in [-0.4, -0.2) is 62.9 Å². The average molecular weight is 530 g/mol. The summed E-state index contributed by atoms with van der Waals surface area (Å²) in [5.41, 5.74) is 2.08. The van der Waals surface area contributed by atoms with Gasteiger partial charge in [-0.3, -0.25) is 9.78 Å². The maximum atomic E-state index is 13.6. The number of pyridine rings is 1. The van der Waals surface area contributed by atoms with Gasteiger partial charge in [-0.2, -0.15) is 13.2 Å². The molecule has 1 aromatic carbocycles. The molecule has 5 rings (SSSR count). The topological polar surface area (TPSA) is 88.0 Å². The van der Waals surface area contributed by atoms with E-state index in [1.165, 1.54) is 17.0 Å². The lowest BCUT2D eigenvalue weighted by Gasteiger charge is -2.30. The van der Waals surface area contributed by atoms with E-state index in [-0.39, 0.29) is 18.5 Å². The van der Waals surface area contributed by atoms with E-state index in [2.05, 4.69) is 37.8 Å². The summed E-state index contributed by atoms with van der Waals surface area (Å²) in [6, 6.07) is 10.6. The molecule has 0 unspecified atom stereocenters. The van der Waals surface area contributed by atoms with Crippen LogP contribution in [0.1, 0.15) is 28.2 Å². The van der Waals surface area contributed by atoms with Gasteiger partial charge in [0.1, 0.15) is 11.6 Å². The molecule has 1 aliphatic heterocycles. The Morgan fingerprint density at radius 1 is 1.14 bits per heavy atom. The van der Waals surface area contributed by atoms with Gasteiger partial charge >= 0.3 is 6.18 Å². The number of halogens is 3. The van der Waals surface area contributed by atoms with Crippen molar-refractivity contribution in [3.05, 3.63) is 59.4 Å². The van der Waals surface area contributed by atoms with E-state index in [4.69, 9.17) is 0 Å². The number of piperidine rings is 1. The lowest BCUT2D eigenvalue weighted by molar-refractivity contribution is -0.139. The molecule has 0 atom stereocenters. The number of anilines is 1. The molecular weight excluding hydrogens is 503 g/mol. The van der Waals surface area contributed by atoms with Crippen LogP contribution in [-0.2, 0) is 13.1 Å². The number of fused-ring (bicyclic) bond motifs is 1. The number of benzene rings is 1. The van der Waals surface area contributed by atoms with Crippen LogP contribution < -0.4 is 10.6 Å². The van der Waals surface area contributed by atoms with E-state index < -0.39 is 12.7 Å². The van der Waals surface area contributed by atoms with E-state index in [0.29, 0.717) is 32.2 Å². The third-order valence-electron chi connectivity index (χ3n) is 6.39. The third kappa shape index (κ3) is 5.91. The Labute approximate surface area is 215 Å². The van der Waals surface area contributed by atoms with Crippen LogP contribution in [0.5, 0.6) is 0 Å². The summed E-state index contributed by atoms with van der Waals surface area (Å²) in [5, 5.41) is 16.2. The number of aromatic nitrogens is 4. The summed E-state index contributed by atoms with van der Waals surface area (Å²) in [6.07, 6.45) is 0.562. The fourth-order valence-electron chi connectivity index (χ4n) is 4.50. The van der Waals surface area contributed by atoms with Crippen LogP contribution in [0.4, 0.5) is 18.9 Å². The highest BCUT2D eigenvalue weighted by molar-refractivity contribution is 7.14. The number of rotatable bonds is 7. The number of likely N-dealkylation sites (tertiary alicyclic amines) is 1. The van der Waals surface area contributed by atoms with Gasteiger partial charge in [0, 0.05) is 35.1 Å². The fourth-order valence-corrected chi connectivity index (χ4v) is 5.30. The maximum absolute atomic E-state index is 13.6. The second-order valence-electron chi connectivity index (χ2n) is 9.11. The molecule has 0 bridgehead atoms. The second kappa shape index (κ2) is 10.5. The molecule has 8 nitrogen and oxygen atoms in total. The Morgan fingerprint density at radius 3 is 2.62 bits per heavy atom. The number of hydrogen-bond acceptors (Lipinski definition) is 7. The van der Waals surface area contributed by atoms with Crippen molar-refractivity contribution in [2.24, 2.45) is 0 Å². The van der Waals surface area contributed by atoms with Gasteiger partial charge < -0.3 is 20.1 Å². The van der Waals surface area contributed by atoms with Crippen molar-refractivity contribution in [1.82, 2.24) is 30.0 Å². The van der Waals surface area contributed by atoms with Gasteiger partial charge in [0.2, 0.25) is 0 Å². The summed E-state index contributed by atoms with van der Waals surface area (Å²) in [6.45, 7) is 0.914. The zero-order chi connectivity index (χ0) is 26.0. The van der Waals surface area contributed by atoms with Gasteiger partial charge in [-0.05, 0) is 63.3 Å². The van der Waals surface area contributed by atoms with Crippen molar-refractivity contribution in [3.63, 3.8) is 0 Å². The fraction of sp³-hybridized carbons (Fsp3) is 0.360. The average Bonchev–Trinajstić information content (AvgIpc) is 3.49. The predicted octanol–water partition coefficient (Wildman–Crippen LogP) is 4.55. The first-order chi connectivity index (χ1) is 17.8. The molecule has 4 heterocycles. The van der Waals surface area contributed by atoms with Crippen molar-refractivity contribution in [2.75, 3.05) is 25.5 Å². The molecule has 12 heteroatoms. The van der Waals surface area contributed by atoms with Crippen LogP contribution in [0.25, 0.3) is 21.6 Å². The number of carbonyl (C=O) groups is 1. The molecule has 37 heavy (non-hydrogen) atoms. The highest BCUT2D eigenvalue weighted by atomic mass is 32.1. The number of alkyl halides is 3. The first-order valence-electron chi connectivity index (χ1n) is 11.9. The molecule has 3 aromatic heterocycles. The highest BCUT2D eigenvalue weighted by Crippen LogP contribution is 2.36. The van der Waals surface area contributed by atoms with Crippen LogP contribution in [0, 0.1) is 0 Å². The van der Waals surface area contributed by atoms with Crippen LogP contribution >= 0.6 is 11.3 Å². The molecule has 2 N–H and O–H groups in total. The van der Waals surface area contributed by atoms with Crippen LogP contribution in [0.2, 0.25) is 0 Å². The van der Waals surface area contributed by atoms with Crippen molar-refractivity contribution >= 4 is 33.8 Å². The van der Waals surface area contributed by atoms with Crippen molar-refractivity contribution < 1.29 is 18.0 Å². The number of nitrogens with one attached hydrogen (secondary N) is 2. The number of hydrogen-bond donors (Lipinski definition) is 2. The molecule has 1 amide bonds. The minimum atomic E-state index is -4.41. The summed E-state index contributed by atoms with van der Waals surface area (Å²) in [5.74, 6) is -0.296. The predicted molar refractivity (Wildman–Crippen MR) is 136 cm³/mol. The van der Waals surface area contributed by atoms with E-state index in [9.17, 15) is 18.0 Å². The van der Waals surface area contributed by atoms with E-state index >= 15 is 0 Å². The molecule has 1 aliphatic rings. The number of nitrogens with zero attached hydrogens (tertiary/aromatic N) is 5. The Balaban J connectivity index is 1.42. The first kappa shape index (κ1) is 25.2. The molecular formula is C25H26F3N7OS. The Morgan fingerprint density at radius 2 is 1.89 bits per heavy atom. The SMILES string of the molecule is CN1CCC(Nc2cccc3c2cc(-c2nnc(CNC(=O)c4ccncc4)s2)n3CC(F)(F)F)CC1. The van der Waals surface area contributed by atoms with E-state index in [1.54, 1.807) is 30.3 Å². The van der Waals surface area contributed by atoms with Gasteiger partial charge in [0.05, 0.1) is 17.8 Å². The van der Waals surface area contributed by atoms with Crippen LogP contribution in [0.15, 0.2) is 48.8 Å². The Kier molecular flexibility index (Phi) is 7.11. The first-order valence-corrected chi connectivity index (χ1v) is 12.7. The lowest BCUT2D eigenvalue weighted by Crippen LogP contribution is -2.36. The third-order valence-corrected chi connectivity index (χ3v) is 7.34. The number of carbonyl (C=O) groups excluding carboxylic acids is 1. The molecule has 194 valence electrons. The van der Waals surface area contributed by atoms with Gasteiger partial charge in [-0.15, -0.1) is 10.2 Å². The Hall–Kier alpha value is -3.51. The summed E-state index contributed by atoms with van der Waals surface area (Å²) in [4.78, 5) is 18.5. The smallest absolute Gasteiger partial charge is 0.382 e. The van der Waals surface area contributed by atoms with Gasteiger partial charge in [0.15, 0.2) is 5.01 Å². The minimum absolute atomic E-state index is 0.112. The quantitative estimate of drug-likeness (QED) is 0.365. The van der Waals surface area contributed by atoms with E-state index in [1.807, 2.05) is 6.07 Å². The highest BCUT2D eigenvalue weighted by Gasteiger charge is 2.31. The minimum Gasteiger partial charge on any atom is -0.382 e. The van der Waals surface area contributed by atoms with Gasteiger partial charge in [0.25, 0.3) is 5.91 Å². The molecule has 0 saturated carbocycles. The lowest BCUT2D eigenvalue weighted by atomic mass is 10.0. The van der Waals surface area contributed by atoms with Gasteiger partial charge in [-0.1, -0.05) is 17.4 Å². The molecule has 0 spiro atoms. The zero-order valence-electron chi connectivity index (χ0n) is 20.1. The monoisotopic (exact) mass is 529 g/mol. The largest absolute Gasteiger partial charge is 0.406 e. The van der Waals surface area contributed by atoms with Crippen molar-refractivity contribution in [2.45, 2.75) is 38.1 Å². The molecule has 1 saturated heterocycles. The molecule has 4 aromatic rings. The number of amides is 1. The van der Waals surface area contributed by atoms with Crippen molar-refractivity contribution in [1.29, 1.82) is 0 Å². The summed E-state index contributed by atoms with van der Waals surface area (Å²) < 4.78 is 42.1. The summed E-state index contributed by atoms with van der Waals surface area (Å²) >= 11 is 1.16. The van der Waals surface area contributed by atoms with Crippen molar-refractivity contribution in [3.8, 4) is 10.7 Å². The standard InChI is InChI=1S/C25H26F3N7OS/c1-34-11-7-17(8-12-34)31-19-3-2-4-20-18(19)13-21(35(20)15-25(26,27)28)24-33-32-22(37-24)14-30-23(36)16-5-9-29-10-6-16/h2-6,9-10,13,17,31H,7-8,11-12,14-15H2,1H3,(H,30,36).